The number of hydrogen-bond donors (Lipinski definition) is 0. The Labute approximate surface area is 361 Å². The molecule has 0 spiro atoms. The van der Waals surface area contributed by atoms with Gasteiger partial charge in [0.25, 0.3) is 0 Å². The number of Topliss-reactive ketones (excluding diaryl/α,β-unsaturated/α-hetero) is 3. The van der Waals surface area contributed by atoms with E-state index in [4.69, 9.17) is 28.4 Å². The van der Waals surface area contributed by atoms with Gasteiger partial charge in [-0.25, -0.2) is 0 Å². The van der Waals surface area contributed by atoms with Crippen LogP contribution in [0.1, 0.15) is 178 Å². The molecular formula is C42H75GaO15. The van der Waals surface area contributed by atoms with Gasteiger partial charge in [-0.05, 0) is 59.3 Å². The van der Waals surface area contributed by atoms with Crippen molar-refractivity contribution in [2.45, 2.75) is 195 Å². The second kappa shape index (κ2) is 39.0. The summed E-state index contributed by atoms with van der Waals surface area (Å²) in [5.41, 5.74) is 0. The van der Waals surface area contributed by atoms with Crippen LogP contribution in [0, 0.1) is 0 Å². The van der Waals surface area contributed by atoms with Crippen molar-refractivity contribution in [3.63, 3.8) is 0 Å². The average molecular weight is 890 g/mol. The molecule has 0 aromatic rings. The van der Waals surface area contributed by atoms with E-state index in [2.05, 4.69) is 0 Å². The first-order valence-corrected chi connectivity index (χ1v) is 20.8. The Kier molecular flexibility index (Phi) is 42.0. The SMILES string of the molecule is CCCCOC(C)(CC(=O)CC(=O)[O-])OCCCC.CCCCOC(C)(CC(=O)CC(=O)[O-])OCCCC.CCCCOC(C)(CC(=O)CC(=O)[O-])OCCCC.[Ga+3]. The largest absolute Gasteiger partial charge is 3.00 e. The summed E-state index contributed by atoms with van der Waals surface area (Å²) in [6, 6.07) is 0. The van der Waals surface area contributed by atoms with E-state index < -0.39 is 71.9 Å². The predicted molar refractivity (Wildman–Crippen MR) is 214 cm³/mol. The second-order valence-corrected chi connectivity index (χ2v) is 14.4. The molecule has 336 valence electrons. The first-order valence-electron chi connectivity index (χ1n) is 20.8. The number of rotatable bonds is 36. The number of aliphatic carboxylic acids is 3. The fraction of sp³-hybridized carbons (Fsp3) is 0.857. The number of ketones is 3. The zero-order valence-electron chi connectivity index (χ0n) is 37.2. The Morgan fingerprint density at radius 2 is 0.517 bits per heavy atom. The third kappa shape index (κ3) is 40.6. The molecule has 0 heterocycles. The molecule has 0 atom stereocenters. The first kappa shape index (κ1) is 62.5. The quantitative estimate of drug-likeness (QED) is 0.0376. The van der Waals surface area contributed by atoms with E-state index in [0.29, 0.717) is 39.6 Å². The van der Waals surface area contributed by atoms with Gasteiger partial charge in [0.05, 0.1) is 58.9 Å². The molecule has 0 radical (unpaired) electrons. The number of carbonyl (C=O) groups is 6. The predicted octanol–water partition coefficient (Wildman–Crippen LogP) is 3.92. The summed E-state index contributed by atoms with van der Waals surface area (Å²) in [4.78, 5) is 65.9. The normalized spacial score (nSPS) is 11.3. The Hall–Kier alpha value is -2.18. The van der Waals surface area contributed by atoms with Gasteiger partial charge in [0, 0.05) is 37.2 Å². The maximum absolute atomic E-state index is 11.6. The van der Waals surface area contributed by atoms with E-state index in [-0.39, 0.29) is 39.1 Å². The van der Waals surface area contributed by atoms with Gasteiger partial charge in [-0.2, -0.15) is 0 Å². The van der Waals surface area contributed by atoms with Crippen molar-refractivity contribution >= 4 is 55.0 Å². The van der Waals surface area contributed by atoms with Gasteiger partial charge in [0.15, 0.2) is 17.4 Å². The summed E-state index contributed by atoms with van der Waals surface area (Å²) in [5.74, 6) is -8.50. The molecular weight excluding hydrogens is 814 g/mol. The van der Waals surface area contributed by atoms with Gasteiger partial charge in [-0.3, -0.25) is 14.4 Å². The zero-order valence-corrected chi connectivity index (χ0v) is 39.6. The van der Waals surface area contributed by atoms with Crippen molar-refractivity contribution in [3.8, 4) is 0 Å². The van der Waals surface area contributed by atoms with E-state index in [0.717, 1.165) is 77.0 Å². The fourth-order valence-corrected chi connectivity index (χ4v) is 4.77. The van der Waals surface area contributed by atoms with Crippen molar-refractivity contribution in [2.75, 3.05) is 39.6 Å². The van der Waals surface area contributed by atoms with Gasteiger partial charge in [-0.15, -0.1) is 0 Å². The standard InChI is InChI=1S/3C14H26O5.Ga/c3*1-4-6-8-18-14(3,19-9-7-5-2)11-12(15)10-13(16)17;/h3*4-11H2,1-3H3,(H,16,17);/q;;;+3/p-3. The van der Waals surface area contributed by atoms with Gasteiger partial charge in [0.1, 0.15) is 17.3 Å². The molecule has 0 aromatic carbocycles. The fourth-order valence-electron chi connectivity index (χ4n) is 4.77. The van der Waals surface area contributed by atoms with Crippen LogP contribution in [0.5, 0.6) is 0 Å². The van der Waals surface area contributed by atoms with E-state index in [1.165, 1.54) is 0 Å². The third-order valence-corrected chi connectivity index (χ3v) is 8.01. The van der Waals surface area contributed by atoms with Crippen LogP contribution in [0.3, 0.4) is 0 Å². The van der Waals surface area contributed by atoms with Crippen LogP contribution in [-0.2, 0) is 57.2 Å². The Bertz CT molecular complexity index is 935. The molecule has 0 saturated heterocycles. The van der Waals surface area contributed by atoms with Gasteiger partial charge in [-0.1, -0.05) is 80.1 Å². The van der Waals surface area contributed by atoms with E-state index in [1.54, 1.807) is 20.8 Å². The summed E-state index contributed by atoms with van der Waals surface area (Å²) in [7, 11) is 0. The Balaban J connectivity index is -0.000000374. The van der Waals surface area contributed by atoms with Crippen LogP contribution < -0.4 is 15.3 Å². The molecule has 0 saturated carbocycles. The minimum absolute atomic E-state index is 0. The van der Waals surface area contributed by atoms with Crippen LogP contribution >= 0.6 is 0 Å². The second-order valence-electron chi connectivity index (χ2n) is 14.4. The molecule has 0 aliphatic carbocycles. The van der Waals surface area contributed by atoms with Crippen molar-refractivity contribution in [1.82, 2.24) is 0 Å². The molecule has 0 bridgehead atoms. The number of hydrogen-bond acceptors (Lipinski definition) is 15. The van der Waals surface area contributed by atoms with E-state index in [9.17, 15) is 44.1 Å². The molecule has 58 heavy (non-hydrogen) atoms. The Morgan fingerprint density at radius 3 is 0.638 bits per heavy atom. The molecule has 0 N–H and O–H groups in total. The van der Waals surface area contributed by atoms with Crippen molar-refractivity contribution < 1.29 is 72.5 Å². The van der Waals surface area contributed by atoms with Crippen LogP contribution in [0.2, 0.25) is 0 Å². The van der Waals surface area contributed by atoms with Gasteiger partial charge in [0.2, 0.25) is 0 Å². The topological polar surface area (TPSA) is 227 Å². The first-order chi connectivity index (χ1) is 26.8. The maximum atomic E-state index is 11.6. The molecule has 0 aromatic heterocycles. The molecule has 0 rings (SSSR count). The molecule has 0 amide bonds. The summed E-state index contributed by atoms with van der Waals surface area (Å²) in [5, 5.41) is 31.2. The number of unbranched alkanes of at least 4 members (excludes halogenated alkanes) is 6. The van der Waals surface area contributed by atoms with Gasteiger partial charge < -0.3 is 58.1 Å². The summed E-state index contributed by atoms with van der Waals surface area (Å²) >= 11 is 0. The third-order valence-electron chi connectivity index (χ3n) is 8.01. The molecule has 0 aliphatic heterocycles. The summed E-state index contributed by atoms with van der Waals surface area (Å²) < 4.78 is 33.7. The summed E-state index contributed by atoms with van der Waals surface area (Å²) in [6.07, 6.45) is 9.20. The van der Waals surface area contributed by atoms with E-state index in [1.807, 2.05) is 41.5 Å². The average Bonchev–Trinajstić information content (AvgIpc) is 3.08. The number of carboxylic acids is 3. The van der Waals surface area contributed by atoms with Crippen molar-refractivity contribution in [2.24, 2.45) is 0 Å². The Morgan fingerprint density at radius 1 is 0.362 bits per heavy atom. The zero-order chi connectivity index (χ0) is 44.2. The molecule has 16 heteroatoms. The monoisotopic (exact) mass is 888 g/mol. The number of carboxylic acid groups (broad SMARTS) is 3. The van der Waals surface area contributed by atoms with Crippen molar-refractivity contribution in [3.05, 3.63) is 0 Å². The van der Waals surface area contributed by atoms with E-state index >= 15 is 0 Å². The minimum atomic E-state index is -1.37. The van der Waals surface area contributed by atoms with Crippen LogP contribution in [-0.4, -0.2) is 112 Å². The molecule has 0 aliphatic rings. The molecule has 0 fully saturated rings. The van der Waals surface area contributed by atoms with Crippen LogP contribution in [0.4, 0.5) is 0 Å². The number of ether oxygens (including phenoxy) is 6. The van der Waals surface area contributed by atoms with Crippen LogP contribution in [0.25, 0.3) is 0 Å². The number of carbonyl (C=O) groups excluding carboxylic acids is 6. The minimum Gasteiger partial charge on any atom is -0.550 e. The van der Waals surface area contributed by atoms with Crippen LogP contribution in [0.15, 0.2) is 0 Å². The maximum Gasteiger partial charge on any atom is 3.00 e. The van der Waals surface area contributed by atoms with Crippen molar-refractivity contribution in [1.29, 1.82) is 0 Å². The smallest absolute Gasteiger partial charge is 0.550 e. The molecule has 0 unspecified atom stereocenters. The summed E-state index contributed by atoms with van der Waals surface area (Å²) in [6.45, 7) is 20.3. The van der Waals surface area contributed by atoms with Gasteiger partial charge >= 0.3 is 19.8 Å². The molecule has 15 nitrogen and oxygen atoms in total.